The minimum atomic E-state index is -0.543. The summed E-state index contributed by atoms with van der Waals surface area (Å²) in [6.07, 6.45) is 4.79. The van der Waals surface area contributed by atoms with E-state index in [4.69, 9.17) is 5.73 Å². The first-order valence-corrected chi connectivity index (χ1v) is 5.18. The van der Waals surface area contributed by atoms with Crippen LogP contribution in [0.1, 0.15) is 16.8 Å². The molecule has 1 aliphatic heterocycles. The summed E-state index contributed by atoms with van der Waals surface area (Å²) in [6.45, 7) is 1.22. The average molecular weight is 220 g/mol. The van der Waals surface area contributed by atoms with E-state index in [9.17, 15) is 9.18 Å². The number of nitrogens with two attached hydrogens (primary N) is 1. The Morgan fingerprint density at radius 3 is 2.88 bits per heavy atom. The van der Waals surface area contributed by atoms with E-state index in [0.29, 0.717) is 13.1 Å². The maximum absolute atomic E-state index is 13.2. The van der Waals surface area contributed by atoms with Crippen LogP contribution >= 0.6 is 0 Å². The van der Waals surface area contributed by atoms with Crippen LogP contribution in [-0.2, 0) is 0 Å². The van der Waals surface area contributed by atoms with E-state index in [1.807, 2.05) is 12.2 Å². The molecule has 84 valence electrons. The van der Waals surface area contributed by atoms with Crippen LogP contribution in [0.4, 0.5) is 10.1 Å². The highest BCUT2D eigenvalue weighted by Crippen LogP contribution is 2.18. The fourth-order valence-electron chi connectivity index (χ4n) is 1.72. The molecule has 3 nitrogen and oxygen atoms in total. The van der Waals surface area contributed by atoms with Crippen LogP contribution in [0.3, 0.4) is 0 Å². The summed E-state index contributed by atoms with van der Waals surface area (Å²) in [5.41, 5.74) is 5.73. The molecule has 0 bridgehead atoms. The Morgan fingerprint density at radius 2 is 2.19 bits per heavy atom. The summed E-state index contributed by atoms with van der Waals surface area (Å²) in [5.74, 6) is -0.750. The first-order chi connectivity index (χ1) is 7.70. The minimum absolute atomic E-state index is 0.0675. The first kappa shape index (κ1) is 10.7. The van der Waals surface area contributed by atoms with E-state index in [1.165, 1.54) is 12.1 Å². The fourth-order valence-corrected chi connectivity index (χ4v) is 1.72. The summed E-state index contributed by atoms with van der Waals surface area (Å²) in [6, 6.07) is 4.31. The van der Waals surface area contributed by atoms with Crippen LogP contribution in [0.2, 0.25) is 0 Å². The molecule has 0 atom stereocenters. The third-order valence-electron chi connectivity index (χ3n) is 2.63. The van der Waals surface area contributed by atoms with E-state index < -0.39 is 5.82 Å². The summed E-state index contributed by atoms with van der Waals surface area (Å²) in [7, 11) is 0. The quantitative estimate of drug-likeness (QED) is 0.579. The molecule has 0 spiro atoms. The Kier molecular flexibility index (Phi) is 2.90. The smallest absolute Gasteiger partial charge is 0.256 e. The van der Waals surface area contributed by atoms with Crippen molar-refractivity contribution in [2.24, 2.45) is 0 Å². The minimum Gasteiger partial charge on any atom is -0.396 e. The lowest BCUT2D eigenvalue weighted by Gasteiger charge is -2.24. The van der Waals surface area contributed by atoms with Crippen LogP contribution in [0.25, 0.3) is 0 Å². The molecule has 0 radical (unpaired) electrons. The van der Waals surface area contributed by atoms with Crippen molar-refractivity contribution in [3.8, 4) is 0 Å². The van der Waals surface area contributed by atoms with Crippen LogP contribution in [-0.4, -0.2) is 23.9 Å². The number of hydrogen-bond donors (Lipinski definition) is 1. The summed E-state index contributed by atoms with van der Waals surface area (Å²) in [5, 5.41) is 0. The lowest BCUT2D eigenvalue weighted by molar-refractivity contribution is 0.0771. The number of halogens is 1. The van der Waals surface area contributed by atoms with E-state index in [-0.39, 0.29) is 17.2 Å². The molecule has 4 heteroatoms. The van der Waals surface area contributed by atoms with Gasteiger partial charge in [0.15, 0.2) is 0 Å². The normalized spacial score (nSPS) is 15.2. The van der Waals surface area contributed by atoms with Gasteiger partial charge in [0.1, 0.15) is 5.82 Å². The first-order valence-electron chi connectivity index (χ1n) is 5.18. The number of benzene rings is 1. The molecular weight excluding hydrogens is 207 g/mol. The average Bonchev–Trinajstić information content (AvgIpc) is 2.33. The van der Waals surface area contributed by atoms with Gasteiger partial charge in [0.2, 0.25) is 0 Å². The van der Waals surface area contributed by atoms with Crippen molar-refractivity contribution in [1.82, 2.24) is 4.90 Å². The highest BCUT2D eigenvalue weighted by molar-refractivity contribution is 5.99. The monoisotopic (exact) mass is 220 g/mol. The molecule has 0 aromatic heterocycles. The van der Waals surface area contributed by atoms with Crippen molar-refractivity contribution in [1.29, 1.82) is 0 Å². The predicted octanol–water partition coefficient (Wildman–Crippen LogP) is 1.81. The van der Waals surface area contributed by atoms with Crippen molar-refractivity contribution in [2.75, 3.05) is 18.8 Å². The molecule has 0 fully saturated rings. The number of nitrogens with zero attached hydrogens (tertiary/aromatic N) is 1. The third-order valence-corrected chi connectivity index (χ3v) is 2.63. The zero-order chi connectivity index (χ0) is 11.5. The van der Waals surface area contributed by atoms with Gasteiger partial charge in [-0.1, -0.05) is 18.2 Å². The fraction of sp³-hybridized carbons (Fsp3) is 0.250. The van der Waals surface area contributed by atoms with Gasteiger partial charge in [-0.3, -0.25) is 4.79 Å². The molecule has 2 N–H and O–H groups in total. The van der Waals surface area contributed by atoms with Crippen molar-refractivity contribution >= 4 is 11.6 Å². The summed E-state index contributed by atoms with van der Waals surface area (Å²) >= 11 is 0. The number of para-hydroxylation sites is 1. The zero-order valence-corrected chi connectivity index (χ0v) is 8.82. The van der Waals surface area contributed by atoms with Crippen LogP contribution in [0.5, 0.6) is 0 Å². The van der Waals surface area contributed by atoms with E-state index >= 15 is 0 Å². The van der Waals surface area contributed by atoms with Crippen molar-refractivity contribution < 1.29 is 9.18 Å². The van der Waals surface area contributed by atoms with Crippen molar-refractivity contribution in [2.45, 2.75) is 6.42 Å². The third kappa shape index (κ3) is 1.91. The van der Waals surface area contributed by atoms with Gasteiger partial charge in [-0.05, 0) is 18.6 Å². The standard InChI is InChI=1S/C12H13FN2O/c13-10-6-4-5-9(11(10)14)12(16)15-7-2-1-3-8-15/h1-2,4-6H,3,7-8,14H2. The van der Waals surface area contributed by atoms with Crippen LogP contribution in [0, 0.1) is 5.82 Å². The molecule has 1 amide bonds. The van der Waals surface area contributed by atoms with E-state index in [0.717, 1.165) is 6.42 Å². The second-order valence-corrected chi connectivity index (χ2v) is 3.71. The second-order valence-electron chi connectivity index (χ2n) is 3.71. The summed E-state index contributed by atoms with van der Waals surface area (Å²) in [4.78, 5) is 13.7. The SMILES string of the molecule is Nc1c(F)cccc1C(=O)N1CC=CCC1. The lowest BCUT2D eigenvalue weighted by Crippen LogP contribution is -2.34. The number of nitrogen functional groups attached to an aromatic ring is 1. The molecule has 1 aliphatic rings. The second kappa shape index (κ2) is 4.35. The van der Waals surface area contributed by atoms with E-state index in [2.05, 4.69) is 0 Å². The number of carbonyl (C=O) groups excluding carboxylic acids is 1. The molecule has 2 rings (SSSR count). The van der Waals surface area contributed by atoms with Gasteiger partial charge in [0.25, 0.3) is 5.91 Å². The highest BCUT2D eigenvalue weighted by Gasteiger charge is 2.19. The molecule has 0 saturated carbocycles. The maximum atomic E-state index is 13.2. The Bertz CT molecular complexity index is 443. The van der Waals surface area contributed by atoms with Gasteiger partial charge in [-0.15, -0.1) is 0 Å². The number of carbonyl (C=O) groups is 1. The van der Waals surface area contributed by atoms with Crippen molar-refractivity contribution in [3.63, 3.8) is 0 Å². The lowest BCUT2D eigenvalue weighted by atomic mass is 10.1. The molecule has 1 aromatic carbocycles. The number of anilines is 1. The molecular formula is C12H13FN2O. The Hall–Kier alpha value is -1.84. The van der Waals surface area contributed by atoms with Gasteiger partial charge in [-0.25, -0.2) is 4.39 Å². The van der Waals surface area contributed by atoms with Gasteiger partial charge in [0, 0.05) is 13.1 Å². The van der Waals surface area contributed by atoms with Gasteiger partial charge < -0.3 is 10.6 Å². The number of rotatable bonds is 1. The summed E-state index contributed by atoms with van der Waals surface area (Å²) < 4.78 is 13.2. The molecule has 0 aliphatic carbocycles. The molecule has 0 saturated heterocycles. The van der Waals surface area contributed by atoms with Crippen molar-refractivity contribution in [3.05, 3.63) is 41.7 Å². The Labute approximate surface area is 93.4 Å². The van der Waals surface area contributed by atoms with Gasteiger partial charge >= 0.3 is 0 Å². The molecule has 1 aromatic rings. The molecule has 16 heavy (non-hydrogen) atoms. The Balaban J connectivity index is 2.26. The van der Waals surface area contributed by atoms with Crippen LogP contribution in [0.15, 0.2) is 30.4 Å². The zero-order valence-electron chi connectivity index (χ0n) is 8.82. The predicted molar refractivity (Wildman–Crippen MR) is 60.5 cm³/mol. The molecule has 1 heterocycles. The molecule has 0 unspecified atom stereocenters. The largest absolute Gasteiger partial charge is 0.396 e. The maximum Gasteiger partial charge on any atom is 0.256 e. The van der Waals surface area contributed by atoms with E-state index in [1.54, 1.807) is 11.0 Å². The van der Waals surface area contributed by atoms with Gasteiger partial charge in [-0.2, -0.15) is 0 Å². The highest BCUT2D eigenvalue weighted by atomic mass is 19.1. The number of amides is 1. The Morgan fingerprint density at radius 1 is 1.38 bits per heavy atom. The number of hydrogen-bond acceptors (Lipinski definition) is 2. The van der Waals surface area contributed by atoms with Crippen LogP contribution < -0.4 is 5.73 Å². The van der Waals surface area contributed by atoms with Gasteiger partial charge in [0.05, 0.1) is 11.3 Å². The topological polar surface area (TPSA) is 46.3 Å².